The molecule has 0 spiro atoms. The van der Waals surface area contributed by atoms with Gasteiger partial charge in [-0.05, 0) is 37.0 Å². The number of carbonyl (C=O) groups is 2. The molecule has 0 aromatic heterocycles. The molecule has 6 heteroatoms. The number of nitrogens with zero attached hydrogens (tertiary/aromatic N) is 1. The maximum absolute atomic E-state index is 12.5. The molecule has 1 aliphatic rings. The van der Waals surface area contributed by atoms with E-state index in [0.717, 1.165) is 17.3 Å². The third-order valence-corrected chi connectivity index (χ3v) is 4.28. The van der Waals surface area contributed by atoms with Gasteiger partial charge in [0.2, 0.25) is 5.91 Å². The van der Waals surface area contributed by atoms with Crippen molar-refractivity contribution in [1.82, 2.24) is 10.2 Å². The van der Waals surface area contributed by atoms with Gasteiger partial charge < -0.3 is 16.0 Å². The molecular formula is C15H20BrN3O2. The van der Waals surface area contributed by atoms with Gasteiger partial charge in [-0.15, -0.1) is 0 Å². The zero-order valence-electron chi connectivity index (χ0n) is 12.1. The van der Waals surface area contributed by atoms with E-state index in [1.165, 1.54) is 6.92 Å². The Hall–Kier alpha value is -1.56. The number of amides is 2. The van der Waals surface area contributed by atoms with Gasteiger partial charge >= 0.3 is 0 Å². The number of likely N-dealkylation sites (tertiary alicyclic amines) is 1. The van der Waals surface area contributed by atoms with Crippen LogP contribution in [0, 0.1) is 5.92 Å². The second-order valence-corrected chi connectivity index (χ2v) is 6.32. The topological polar surface area (TPSA) is 75.4 Å². The van der Waals surface area contributed by atoms with E-state index in [-0.39, 0.29) is 11.8 Å². The zero-order valence-corrected chi connectivity index (χ0v) is 13.6. The molecule has 1 saturated heterocycles. The van der Waals surface area contributed by atoms with Crippen LogP contribution in [0.2, 0.25) is 0 Å². The van der Waals surface area contributed by atoms with Gasteiger partial charge in [-0.25, -0.2) is 0 Å². The first-order chi connectivity index (χ1) is 9.97. The molecule has 3 N–H and O–H groups in total. The molecule has 0 unspecified atom stereocenters. The molecule has 0 saturated carbocycles. The number of nitrogens with one attached hydrogen (secondary N) is 1. The fourth-order valence-corrected chi connectivity index (χ4v) is 2.91. The quantitative estimate of drug-likeness (QED) is 0.816. The van der Waals surface area contributed by atoms with Crippen LogP contribution < -0.4 is 11.1 Å². The van der Waals surface area contributed by atoms with Crippen molar-refractivity contribution in [2.45, 2.75) is 19.8 Å². The fourth-order valence-electron chi connectivity index (χ4n) is 2.53. The van der Waals surface area contributed by atoms with Crippen LogP contribution in [-0.4, -0.2) is 36.3 Å². The molecule has 0 aliphatic carbocycles. The molecule has 114 valence electrons. The molecule has 0 radical (unpaired) electrons. The van der Waals surface area contributed by atoms with Crippen molar-refractivity contribution in [3.63, 3.8) is 0 Å². The summed E-state index contributed by atoms with van der Waals surface area (Å²) in [4.78, 5) is 25.2. The Bertz CT molecular complexity index is 540. The number of hydrogen-bond donors (Lipinski definition) is 2. The van der Waals surface area contributed by atoms with Gasteiger partial charge in [0.15, 0.2) is 0 Å². The number of halogens is 1. The van der Waals surface area contributed by atoms with Crippen LogP contribution in [0.1, 0.15) is 30.1 Å². The van der Waals surface area contributed by atoms with Crippen molar-refractivity contribution in [2.24, 2.45) is 5.92 Å². The molecule has 1 fully saturated rings. The minimum absolute atomic E-state index is 0.00357. The van der Waals surface area contributed by atoms with E-state index in [1.807, 2.05) is 11.0 Å². The Balaban J connectivity index is 1.92. The number of carbonyl (C=O) groups excluding carboxylic acids is 2. The second-order valence-electron chi connectivity index (χ2n) is 5.40. The summed E-state index contributed by atoms with van der Waals surface area (Å²) in [5.74, 6) is 0.425. The van der Waals surface area contributed by atoms with E-state index in [9.17, 15) is 9.59 Å². The maximum atomic E-state index is 12.5. The first-order valence-electron chi connectivity index (χ1n) is 7.06. The van der Waals surface area contributed by atoms with Crippen molar-refractivity contribution in [2.75, 3.05) is 25.4 Å². The number of nitrogens with two attached hydrogens (primary N) is 1. The number of anilines is 1. The molecule has 1 heterocycles. The molecular weight excluding hydrogens is 334 g/mol. The highest BCUT2D eigenvalue weighted by atomic mass is 79.9. The number of hydrogen-bond acceptors (Lipinski definition) is 3. The average Bonchev–Trinajstić information content (AvgIpc) is 2.45. The highest BCUT2D eigenvalue weighted by Crippen LogP contribution is 2.23. The van der Waals surface area contributed by atoms with Gasteiger partial charge in [-0.2, -0.15) is 0 Å². The van der Waals surface area contributed by atoms with E-state index < -0.39 is 0 Å². The van der Waals surface area contributed by atoms with Crippen LogP contribution in [0.5, 0.6) is 0 Å². The monoisotopic (exact) mass is 353 g/mol. The maximum Gasteiger partial charge on any atom is 0.255 e. The minimum atomic E-state index is -0.0158. The van der Waals surface area contributed by atoms with Crippen molar-refractivity contribution < 1.29 is 9.59 Å². The number of nitrogen functional groups attached to an aromatic ring is 1. The van der Waals surface area contributed by atoms with Gasteiger partial charge in [0, 0.05) is 36.7 Å². The van der Waals surface area contributed by atoms with Crippen molar-refractivity contribution in [3.05, 3.63) is 28.2 Å². The lowest BCUT2D eigenvalue weighted by Crippen LogP contribution is -2.41. The summed E-state index contributed by atoms with van der Waals surface area (Å²) in [6, 6.07) is 5.33. The SMILES string of the molecule is CC(=O)NCC1CCN(C(=O)c2ccc(Br)cc2N)CC1. The normalized spacial score (nSPS) is 15.8. The van der Waals surface area contributed by atoms with E-state index >= 15 is 0 Å². The highest BCUT2D eigenvalue weighted by Gasteiger charge is 2.24. The molecule has 1 aliphatic heterocycles. The van der Waals surface area contributed by atoms with Gasteiger partial charge in [0.25, 0.3) is 5.91 Å². The Morgan fingerprint density at radius 2 is 2.05 bits per heavy atom. The zero-order chi connectivity index (χ0) is 15.4. The molecule has 2 rings (SSSR count). The van der Waals surface area contributed by atoms with Crippen molar-refractivity contribution in [1.29, 1.82) is 0 Å². The first-order valence-corrected chi connectivity index (χ1v) is 7.85. The molecule has 21 heavy (non-hydrogen) atoms. The van der Waals surface area contributed by atoms with E-state index in [0.29, 0.717) is 36.8 Å². The van der Waals surface area contributed by atoms with E-state index in [4.69, 9.17) is 5.73 Å². The summed E-state index contributed by atoms with van der Waals surface area (Å²) in [6.45, 7) is 3.63. The summed E-state index contributed by atoms with van der Waals surface area (Å²) in [5.41, 5.74) is 6.96. The third kappa shape index (κ3) is 4.20. The lowest BCUT2D eigenvalue weighted by Gasteiger charge is -2.32. The lowest BCUT2D eigenvalue weighted by atomic mass is 9.96. The molecule has 1 aromatic rings. The predicted molar refractivity (Wildman–Crippen MR) is 85.9 cm³/mol. The molecule has 0 atom stereocenters. The molecule has 1 aromatic carbocycles. The van der Waals surface area contributed by atoms with Crippen LogP contribution in [0.25, 0.3) is 0 Å². The van der Waals surface area contributed by atoms with Gasteiger partial charge in [0.05, 0.1) is 5.56 Å². The smallest absolute Gasteiger partial charge is 0.255 e. The van der Waals surface area contributed by atoms with Crippen LogP contribution in [0.3, 0.4) is 0 Å². The minimum Gasteiger partial charge on any atom is -0.398 e. The van der Waals surface area contributed by atoms with Crippen molar-refractivity contribution in [3.8, 4) is 0 Å². The van der Waals surface area contributed by atoms with Crippen LogP contribution in [0.4, 0.5) is 5.69 Å². The van der Waals surface area contributed by atoms with Crippen LogP contribution in [-0.2, 0) is 4.79 Å². The summed E-state index contributed by atoms with van der Waals surface area (Å²) < 4.78 is 0.866. The fraction of sp³-hybridized carbons (Fsp3) is 0.467. The van der Waals surface area contributed by atoms with Gasteiger partial charge in [-0.3, -0.25) is 9.59 Å². The van der Waals surface area contributed by atoms with E-state index in [2.05, 4.69) is 21.2 Å². The number of piperidine rings is 1. The average molecular weight is 354 g/mol. The summed E-state index contributed by atoms with van der Waals surface area (Å²) in [7, 11) is 0. The highest BCUT2D eigenvalue weighted by molar-refractivity contribution is 9.10. The van der Waals surface area contributed by atoms with Gasteiger partial charge in [0.1, 0.15) is 0 Å². The number of rotatable bonds is 3. The van der Waals surface area contributed by atoms with Gasteiger partial charge in [-0.1, -0.05) is 15.9 Å². The Kier molecular flexibility index (Phi) is 5.22. The summed E-state index contributed by atoms with van der Waals surface area (Å²) in [5, 5.41) is 2.84. The largest absolute Gasteiger partial charge is 0.398 e. The Morgan fingerprint density at radius 3 is 2.62 bits per heavy atom. The predicted octanol–water partition coefficient (Wildman–Crippen LogP) is 2.02. The Morgan fingerprint density at radius 1 is 1.38 bits per heavy atom. The molecule has 5 nitrogen and oxygen atoms in total. The molecule has 0 bridgehead atoms. The third-order valence-electron chi connectivity index (χ3n) is 3.79. The number of benzene rings is 1. The van der Waals surface area contributed by atoms with Crippen LogP contribution >= 0.6 is 15.9 Å². The lowest BCUT2D eigenvalue weighted by molar-refractivity contribution is -0.119. The second kappa shape index (κ2) is 6.93. The standard InChI is InChI=1S/C15H20BrN3O2/c1-10(20)18-9-11-4-6-19(7-5-11)15(21)13-3-2-12(16)8-14(13)17/h2-3,8,11H,4-7,9,17H2,1H3,(H,18,20). The van der Waals surface area contributed by atoms with Crippen LogP contribution in [0.15, 0.2) is 22.7 Å². The first kappa shape index (κ1) is 15.8. The summed E-state index contributed by atoms with van der Waals surface area (Å²) >= 11 is 3.34. The Labute approximate surface area is 133 Å². The molecule has 2 amide bonds. The summed E-state index contributed by atoms with van der Waals surface area (Å²) in [6.07, 6.45) is 1.81. The van der Waals surface area contributed by atoms with E-state index in [1.54, 1.807) is 12.1 Å². The van der Waals surface area contributed by atoms with Crippen molar-refractivity contribution >= 4 is 33.4 Å².